The van der Waals surface area contributed by atoms with Crippen LogP contribution in [0.15, 0.2) is 266 Å². The summed E-state index contributed by atoms with van der Waals surface area (Å²) in [5, 5.41) is 9.77. The summed E-state index contributed by atoms with van der Waals surface area (Å²) in [5.74, 6) is -6.73. The molecule has 2 aromatic heterocycles. The molecule has 0 saturated carbocycles. The van der Waals surface area contributed by atoms with Gasteiger partial charge in [-0.2, -0.15) is 10.2 Å². The second kappa shape index (κ2) is 53.9. The molecule has 2 N–H and O–H groups in total. The minimum atomic E-state index is -0.850. The standard InChI is InChI=1S/C45H35N3O12S.C44H33N5O14S.8CH4/c1-3-40(49)57-27-55-34-16-10-31(11-17-34)43(52)59-36-20-14-30(15-21-36)42(51)54-24-23-29-9-22-38(33(25-29)26-46-48-45-47-37-7-5-6-8-39(37)61-45)60-44(53)32-12-18-35(19-13-32)56-28-58-41(50)4-2;50-36-15-16-37(51)48(36)23-40(54)61-25-59-31-10-6-28(7-11-31)42(56)58-20-19-27-5-14-34(30(21-27)22-45-47-44-46-33-3-1-2-4-35(33)64-44)63-43(57)29-8-12-32(13-9-29)60-26-62-41(55)24-49-38(52)17-18-39(49)53;;;;;;;;/h3-22,25-26H,1-2,23-24,27-28H2,(H,47,48);1-18,21-22H,19-20,23-26H2,(H,46,47);8*1H4/b46-26+;45-22+;;;;;;;;. The van der Waals surface area contributed by atoms with Crippen molar-refractivity contribution in [2.24, 2.45) is 10.2 Å². The minimum absolute atomic E-state index is 0. The summed E-state index contributed by atoms with van der Waals surface area (Å²) in [6, 6.07) is 55.1. The second-order valence-electron chi connectivity index (χ2n) is 25.6. The van der Waals surface area contributed by atoms with Crippen LogP contribution in [-0.4, -0.2) is 163 Å². The zero-order valence-electron chi connectivity index (χ0n) is 65.3. The molecule has 2 aliphatic rings. The molecule has 0 spiro atoms. The zero-order chi connectivity index (χ0) is 88.0. The lowest BCUT2D eigenvalue weighted by Crippen LogP contribution is -2.36. The molecule has 9 aromatic carbocycles. The van der Waals surface area contributed by atoms with Crippen molar-refractivity contribution in [2.45, 2.75) is 72.3 Å². The largest absolute Gasteiger partial charge is 0.462 e. The summed E-state index contributed by atoms with van der Waals surface area (Å²) in [6.07, 6.45) is 9.81. The Kier molecular flexibility index (Phi) is 44.0. The summed E-state index contributed by atoms with van der Waals surface area (Å²) >= 11 is 2.83. The highest BCUT2D eigenvalue weighted by molar-refractivity contribution is 7.22. The Morgan fingerprint density at radius 1 is 0.353 bits per heavy atom. The first-order valence-electron chi connectivity index (χ1n) is 37.2. The predicted molar refractivity (Wildman–Crippen MR) is 502 cm³/mol. The Balaban J connectivity index is 0.000000525. The summed E-state index contributed by atoms with van der Waals surface area (Å²) in [7, 11) is 0. The highest BCUT2D eigenvalue weighted by atomic mass is 32.1. The molecule has 0 unspecified atom stereocenters. The van der Waals surface area contributed by atoms with Crippen molar-refractivity contribution in [2.75, 3.05) is 64.3 Å². The SMILES string of the molecule is C.C.C.C.C.C.C.C.C=CC(=O)OCOc1ccc(C(=O)Oc2ccc(C(=O)OCCc3ccc(OC(=O)c4ccc(OCOC(=O)C=C)cc4)c(/C=N/Nc4nc5ccccc5s4)c3)cc2)cc1.O=C(CN1C(=O)C=CC1=O)OCOc1ccc(C(=O)OCCc2ccc(OC(=O)c3ccc(OCOC(=O)CN4C(=O)C=CC4=O)cc3)c(/C=N/Nc3nc4ccccc4s3)c2)cc1. The Labute approximate surface area is 775 Å². The van der Waals surface area contributed by atoms with E-state index in [9.17, 15) is 62.3 Å². The number of anilines is 2. The number of nitrogens with one attached hydrogen (secondary N) is 2. The Hall–Kier alpha value is -16.6. The summed E-state index contributed by atoms with van der Waals surface area (Å²) in [5.41, 5.74) is 10.9. The van der Waals surface area contributed by atoms with Crippen LogP contribution in [-0.2, 0) is 79.6 Å². The van der Waals surface area contributed by atoms with Gasteiger partial charge in [-0.1, -0.05) is 132 Å². The maximum Gasteiger partial charge on any atom is 0.343 e. The van der Waals surface area contributed by atoms with Gasteiger partial charge in [0.2, 0.25) is 37.4 Å². The summed E-state index contributed by atoms with van der Waals surface area (Å²) < 4.78 is 70.7. The van der Waals surface area contributed by atoms with Gasteiger partial charge in [0.1, 0.15) is 53.3 Å². The maximum atomic E-state index is 13.3. The number of amides is 4. The number of benzene rings is 9. The van der Waals surface area contributed by atoms with Gasteiger partial charge in [-0.05, 0) is 181 Å². The Bertz CT molecular complexity index is 5930. The lowest BCUT2D eigenvalue weighted by atomic mass is 10.1. The van der Waals surface area contributed by atoms with Gasteiger partial charge in [0.05, 0.1) is 73.9 Å². The first-order valence-corrected chi connectivity index (χ1v) is 38.8. The Morgan fingerprint density at radius 3 is 0.977 bits per heavy atom. The number of fused-ring (bicyclic) bond motifs is 2. The van der Waals surface area contributed by atoms with Crippen LogP contribution in [0.5, 0.6) is 40.2 Å². The van der Waals surface area contributed by atoms with E-state index in [2.05, 4.69) is 44.2 Å². The number of nitrogens with zero attached hydrogens (tertiary/aromatic N) is 6. The lowest BCUT2D eigenvalue weighted by Gasteiger charge is -2.13. The molecule has 696 valence electrons. The van der Waals surface area contributed by atoms with Crippen LogP contribution in [0.4, 0.5) is 10.3 Å². The number of carbonyl (C=O) groups excluding carboxylic acids is 13. The van der Waals surface area contributed by atoms with E-state index in [-0.39, 0.29) is 149 Å². The number of hydrogen-bond donors (Lipinski definition) is 2. The van der Waals surface area contributed by atoms with Gasteiger partial charge in [-0.25, -0.2) is 43.5 Å². The number of carbonyl (C=O) groups is 13. The monoisotopic (exact) mass is 1860 g/mol. The molecule has 4 heterocycles. The molecule has 34 nitrogen and oxygen atoms in total. The van der Waals surface area contributed by atoms with Crippen LogP contribution in [0.2, 0.25) is 0 Å². The summed E-state index contributed by atoms with van der Waals surface area (Å²) in [4.78, 5) is 168. The van der Waals surface area contributed by atoms with Crippen molar-refractivity contribution in [1.29, 1.82) is 0 Å². The third-order valence-corrected chi connectivity index (χ3v) is 19.1. The quantitative estimate of drug-likeness (QED) is 0.00530. The van der Waals surface area contributed by atoms with E-state index in [0.717, 1.165) is 77.8 Å². The molecule has 0 fully saturated rings. The van der Waals surface area contributed by atoms with Gasteiger partial charge in [-0.3, -0.25) is 49.4 Å². The molecule has 0 radical (unpaired) electrons. The van der Waals surface area contributed by atoms with Crippen molar-refractivity contribution in [1.82, 2.24) is 19.8 Å². The van der Waals surface area contributed by atoms with Crippen LogP contribution in [0.3, 0.4) is 0 Å². The van der Waals surface area contributed by atoms with Gasteiger partial charge in [0, 0.05) is 60.4 Å². The van der Waals surface area contributed by atoms with E-state index in [1.165, 1.54) is 156 Å². The van der Waals surface area contributed by atoms with Crippen molar-refractivity contribution in [3.05, 3.63) is 306 Å². The number of hydrogen-bond acceptors (Lipinski definition) is 34. The number of ether oxygens (including phenoxy) is 13. The van der Waals surface area contributed by atoms with Crippen LogP contribution in [0, 0.1) is 0 Å². The fourth-order valence-corrected chi connectivity index (χ4v) is 12.5. The second-order valence-corrected chi connectivity index (χ2v) is 27.7. The molecule has 2 aliphatic heterocycles. The van der Waals surface area contributed by atoms with Gasteiger partial charge in [-0.15, -0.1) is 0 Å². The molecular weight excluding hydrogens is 1760 g/mol. The van der Waals surface area contributed by atoms with Gasteiger partial charge in [0.15, 0.2) is 0 Å². The number of esters is 9. The fraction of sp³-hybridized carbons (Fsp3) is 0.186. The smallest absolute Gasteiger partial charge is 0.343 e. The highest BCUT2D eigenvalue weighted by Crippen LogP contribution is 2.30. The predicted octanol–water partition coefficient (Wildman–Crippen LogP) is 16.8. The molecular formula is C97H100N8O26S2. The third kappa shape index (κ3) is 32.0. The molecule has 133 heavy (non-hydrogen) atoms. The average molecular weight is 1860 g/mol. The molecule has 13 rings (SSSR count). The van der Waals surface area contributed by atoms with E-state index >= 15 is 0 Å². The molecule has 4 amide bonds. The molecule has 0 bridgehead atoms. The van der Waals surface area contributed by atoms with E-state index in [4.69, 9.17) is 61.6 Å². The average Bonchev–Trinajstić information content (AvgIpc) is 1.31. The number of rotatable bonds is 38. The summed E-state index contributed by atoms with van der Waals surface area (Å²) in [6.45, 7) is 3.89. The first kappa shape index (κ1) is 109. The number of hydrazone groups is 2. The topological polar surface area (TPSA) is 423 Å². The van der Waals surface area contributed by atoms with Crippen LogP contribution in [0.25, 0.3) is 20.4 Å². The third-order valence-electron chi connectivity index (χ3n) is 17.2. The van der Waals surface area contributed by atoms with Gasteiger partial charge >= 0.3 is 53.7 Å². The zero-order valence-corrected chi connectivity index (χ0v) is 67.0. The number of aromatic nitrogens is 2. The molecule has 0 atom stereocenters. The van der Waals surface area contributed by atoms with Crippen molar-refractivity contribution in [3.63, 3.8) is 0 Å². The number of imide groups is 2. The molecule has 0 aliphatic carbocycles. The normalized spacial score (nSPS) is 11.2. The van der Waals surface area contributed by atoms with E-state index < -0.39 is 104 Å². The Morgan fingerprint density at radius 2 is 0.654 bits per heavy atom. The number of para-hydroxylation sites is 2. The van der Waals surface area contributed by atoms with Gasteiger partial charge in [0.25, 0.3) is 23.6 Å². The molecule has 0 saturated heterocycles. The van der Waals surface area contributed by atoms with Crippen molar-refractivity contribution in [3.8, 4) is 40.2 Å². The van der Waals surface area contributed by atoms with E-state index in [1.807, 2.05) is 48.5 Å². The van der Waals surface area contributed by atoms with Crippen molar-refractivity contribution >= 4 is 143 Å². The van der Waals surface area contributed by atoms with E-state index in [0.29, 0.717) is 39.3 Å². The highest BCUT2D eigenvalue weighted by Gasteiger charge is 2.28. The van der Waals surface area contributed by atoms with Crippen molar-refractivity contribution < 1.29 is 124 Å². The maximum absolute atomic E-state index is 13.3. The number of thiazole rings is 2. The molecule has 11 aromatic rings. The lowest BCUT2D eigenvalue weighted by molar-refractivity contribution is -0.156. The van der Waals surface area contributed by atoms with Crippen LogP contribution < -0.4 is 44.0 Å². The van der Waals surface area contributed by atoms with Gasteiger partial charge < -0.3 is 61.6 Å². The first-order chi connectivity index (χ1) is 60.6. The minimum Gasteiger partial charge on any atom is -0.462 e. The van der Waals surface area contributed by atoms with Crippen LogP contribution in [0.1, 0.15) is 133 Å². The van der Waals surface area contributed by atoms with Crippen LogP contribution >= 0.6 is 22.7 Å². The van der Waals surface area contributed by atoms with E-state index in [1.54, 1.807) is 36.4 Å². The molecule has 36 heteroatoms. The fourth-order valence-electron chi connectivity index (χ4n) is 10.9.